The lowest BCUT2D eigenvalue weighted by Gasteiger charge is -2.16. The lowest BCUT2D eigenvalue weighted by Crippen LogP contribution is -2.25. The van der Waals surface area contributed by atoms with E-state index in [-0.39, 0.29) is 12.1 Å². The Kier molecular flexibility index (Phi) is 5.28. The lowest BCUT2D eigenvalue weighted by molar-refractivity contribution is -0.142. The maximum atomic E-state index is 11.6. The van der Waals surface area contributed by atoms with Crippen molar-refractivity contribution in [1.29, 1.82) is 0 Å². The minimum absolute atomic E-state index is 0.195. The SMILES string of the molecule is COC(=O)[C@H](CC(C)C)N=C[C@H]1COC(C)(C)O1. The molecule has 2 atom stereocenters. The van der Waals surface area contributed by atoms with Crippen molar-refractivity contribution in [3.63, 3.8) is 0 Å². The molecule has 0 unspecified atom stereocenters. The van der Waals surface area contributed by atoms with Gasteiger partial charge in [-0.05, 0) is 26.2 Å². The number of hydrogen-bond acceptors (Lipinski definition) is 5. The Balaban J connectivity index is 2.57. The molecule has 18 heavy (non-hydrogen) atoms. The van der Waals surface area contributed by atoms with E-state index in [1.165, 1.54) is 7.11 Å². The molecule has 0 aromatic heterocycles. The van der Waals surface area contributed by atoms with Crippen LogP contribution in [0.4, 0.5) is 0 Å². The van der Waals surface area contributed by atoms with Gasteiger partial charge < -0.3 is 14.2 Å². The summed E-state index contributed by atoms with van der Waals surface area (Å²) in [6.07, 6.45) is 2.12. The first kappa shape index (κ1) is 15.1. The van der Waals surface area contributed by atoms with Crippen molar-refractivity contribution in [1.82, 2.24) is 0 Å². The first-order valence-electron chi connectivity index (χ1n) is 6.27. The fraction of sp³-hybridized carbons (Fsp3) is 0.846. The van der Waals surface area contributed by atoms with E-state index in [0.29, 0.717) is 18.9 Å². The van der Waals surface area contributed by atoms with E-state index in [1.807, 2.05) is 27.7 Å². The van der Waals surface area contributed by atoms with Gasteiger partial charge >= 0.3 is 5.97 Å². The normalized spacial score (nSPS) is 24.7. The van der Waals surface area contributed by atoms with E-state index < -0.39 is 11.8 Å². The van der Waals surface area contributed by atoms with Gasteiger partial charge in [-0.3, -0.25) is 4.99 Å². The zero-order valence-corrected chi connectivity index (χ0v) is 11.8. The van der Waals surface area contributed by atoms with Gasteiger partial charge in [-0.25, -0.2) is 4.79 Å². The molecule has 0 N–H and O–H groups in total. The quantitative estimate of drug-likeness (QED) is 0.556. The van der Waals surface area contributed by atoms with Gasteiger partial charge in [0, 0.05) is 6.21 Å². The Morgan fingerprint density at radius 3 is 2.67 bits per heavy atom. The average molecular weight is 257 g/mol. The van der Waals surface area contributed by atoms with Crippen LogP contribution in [0.25, 0.3) is 0 Å². The Labute approximate surface area is 109 Å². The summed E-state index contributed by atoms with van der Waals surface area (Å²) in [6, 6.07) is -0.456. The molecular weight excluding hydrogens is 234 g/mol. The molecule has 0 radical (unpaired) electrons. The second-order valence-electron chi connectivity index (χ2n) is 5.33. The average Bonchev–Trinajstić information content (AvgIpc) is 2.62. The topological polar surface area (TPSA) is 57.1 Å². The second kappa shape index (κ2) is 6.29. The Morgan fingerprint density at radius 2 is 2.22 bits per heavy atom. The van der Waals surface area contributed by atoms with E-state index in [9.17, 15) is 4.79 Å². The van der Waals surface area contributed by atoms with Gasteiger partial charge in [0.25, 0.3) is 0 Å². The molecule has 0 bridgehead atoms. The summed E-state index contributed by atoms with van der Waals surface area (Å²) in [6.45, 7) is 8.26. The van der Waals surface area contributed by atoms with Gasteiger partial charge in [0.1, 0.15) is 12.1 Å². The smallest absolute Gasteiger partial charge is 0.330 e. The highest BCUT2D eigenvalue weighted by atomic mass is 16.7. The van der Waals surface area contributed by atoms with E-state index in [4.69, 9.17) is 14.2 Å². The van der Waals surface area contributed by atoms with Crippen LogP contribution in [0.2, 0.25) is 0 Å². The van der Waals surface area contributed by atoms with Crippen LogP contribution in [0.15, 0.2) is 4.99 Å². The summed E-state index contributed by atoms with van der Waals surface area (Å²) in [5.74, 6) is -0.503. The number of carbonyl (C=O) groups is 1. The molecule has 1 aliphatic heterocycles. The van der Waals surface area contributed by atoms with Crippen LogP contribution in [-0.4, -0.2) is 43.8 Å². The van der Waals surface area contributed by atoms with E-state index in [1.54, 1.807) is 6.21 Å². The van der Waals surface area contributed by atoms with Crippen LogP contribution in [0.3, 0.4) is 0 Å². The van der Waals surface area contributed by atoms with Crippen molar-refractivity contribution in [2.45, 2.75) is 52.0 Å². The Bertz CT molecular complexity index is 312. The predicted molar refractivity (Wildman–Crippen MR) is 68.7 cm³/mol. The molecule has 1 aliphatic rings. The second-order valence-corrected chi connectivity index (χ2v) is 5.33. The van der Waals surface area contributed by atoms with Crippen LogP contribution < -0.4 is 0 Å². The van der Waals surface area contributed by atoms with Gasteiger partial charge in [0.05, 0.1) is 13.7 Å². The Hall–Kier alpha value is -0.940. The van der Waals surface area contributed by atoms with Crippen LogP contribution in [0.5, 0.6) is 0 Å². The zero-order chi connectivity index (χ0) is 13.8. The Morgan fingerprint density at radius 1 is 1.56 bits per heavy atom. The number of esters is 1. The lowest BCUT2D eigenvalue weighted by atomic mass is 10.0. The molecule has 5 nitrogen and oxygen atoms in total. The number of aliphatic imine (C=N–C) groups is 1. The molecule has 1 heterocycles. The van der Waals surface area contributed by atoms with Crippen LogP contribution in [0.1, 0.15) is 34.1 Å². The van der Waals surface area contributed by atoms with Crippen molar-refractivity contribution >= 4 is 12.2 Å². The van der Waals surface area contributed by atoms with Gasteiger partial charge in [-0.2, -0.15) is 0 Å². The number of carbonyl (C=O) groups excluding carboxylic acids is 1. The molecule has 1 rings (SSSR count). The van der Waals surface area contributed by atoms with Gasteiger partial charge in [-0.15, -0.1) is 0 Å². The number of hydrogen-bond donors (Lipinski definition) is 0. The van der Waals surface area contributed by atoms with Crippen LogP contribution in [0, 0.1) is 5.92 Å². The van der Waals surface area contributed by atoms with Gasteiger partial charge in [0.2, 0.25) is 0 Å². The molecule has 0 saturated carbocycles. The number of ether oxygens (including phenoxy) is 3. The largest absolute Gasteiger partial charge is 0.467 e. The number of methoxy groups -OCH3 is 1. The summed E-state index contributed by atoms with van der Waals surface area (Å²) < 4.78 is 15.8. The summed E-state index contributed by atoms with van der Waals surface area (Å²) in [5.41, 5.74) is 0. The van der Waals surface area contributed by atoms with Crippen molar-refractivity contribution in [2.75, 3.05) is 13.7 Å². The molecule has 0 aromatic rings. The van der Waals surface area contributed by atoms with E-state index >= 15 is 0 Å². The monoisotopic (exact) mass is 257 g/mol. The fourth-order valence-corrected chi connectivity index (χ4v) is 1.79. The third-order valence-electron chi connectivity index (χ3n) is 2.63. The van der Waals surface area contributed by atoms with Crippen molar-refractivity contribution < 1.29 is 19.0 Å². The first-order valence-corrected chi connectivity index (χ1v) is 6.27. The molecule has 1 fully saturated rings. The molecule has 0 spiro atoms. The third kappa shape index (κ3) is 4.74. The zero-order valence-electron chi connectivity index (χ0n) is 11.8. The molecule has 5 heteroatoms. The van der Waals surface area contributed by atoms with E-state index in [0.717, 1.165) is 0 Å². The summed E-state index contributed by atoms with van der Waals surface area (Å²) in [5, 5.41) is 0. The molecule has 1 saturated heterocycles. The van der Waals surface area contributed by atoms with Crippen molar-refractivity contribution in [3.8, 4) is 0 Å². The first-order chi connectivity index (χ1) is 8.34. The molecule has 0 aliphatic carbocycles. The minimum Gasteiger partial charge on any atom is -0.467 e. The number of rotatable bonds is 5. The van der Waals surface area contributed by atoms with E-state index in [2.05, 4.69) is 4.99 Å². The molecule has 104 valence electrons. The highest BCUT2D eigenvalue weighted by Gasteiger charge is 2.32. The maximum Gasteiger partial charge on any atom is 0.330 e. The molecule has 0 aromatic carbocycles. The van der Waals surface area contributed by atoms with Crippen molar-refractivity contribution in [3.05, 3.63) is 0 Å². The van der Waals surface area contributed by atoms with Crippen LogP contribution in [-0.2, 0) is 19.0 Å². The maximum absolute atomic E-state index is 11.6. The van der Waals surface area contributed by atoms with Crippen molar-refractivity contribution in [2.24, 2.45) is 10.9 Å². The summed E-state index contributed by atoms with van der Waals surface area (Å²) >= 11 is 0. The molecular formula is C13H23NO4. The predicted octanol–water partition coefficient (Wildman–Crippen LogP) is 1.80. The summed E-state index contributed by atoms with van der Waals surface area (Å²) in [4.78, 5) is 15.8. The van der Waals surface area contributed by atoms with Gasteiger partial charge in [-0.1, -0.05) is 13.8 Å². The minimum atomic E-state index is -0.574. The third-order valence-corrected chi connectivity index (χ3v) is 2.63. The number of nitrogens with zero attached hydrogens (tertiary/aromatic N) is 1. The van der Waals surface area contributed by atoms with Crippen LogP contribution >= 0.6 is 0 Å². The van der Waals surface area contributed by atoms with Gasteiger partial charge in [0.15, 0.2) is 5.79 Å². The summed E-state index contributed by atoms with van der Waals surface area (Å²) in [7, 11) is 1.38. The highest BCUT2D eigenvalue weighted by Crippen LogP contribution is 2.21. The highest BCUT2D eigenvalue weighted by molar-refractivity contribution is 5.78. The standard InChI is InChI=1S/C13H23NO4/c1-9(2)6-11(12(15)16-5)14-7-10-8-17-13(3,4)18-10/h7,9-11H,6,8H2,1-5H3/t10-,11-/m0/s1. The molecule has 0 amide bonds. The fourth-order valence-electron chi connectivity index (χ4n) is 1.79.